The van der Waals surface area contributed by atoms with Gasteiger partial charge >= 0.3 is 6.03 Å². The monoisotopic (exact) mass is 354 g/mol. The van der Waals surface area contributed by atoms with Crippen LogP contribution in [0.15, 0.2) is 27.7 Å². The van der Waals surface area contributed by atoms with Crippen molar-refractivity contribution in [2.75, 3.05) is 5.32 Å². The van der Waals surface area contributed by atoms with Crippen molar-refractivity contribution in [2.24, 2.45) is 10.8 Å². The van der Waals surface area contributed by atoms with Gasteiger partial charge in [-0.25, -0.2) is 10.2 Å². The van der Waals surface area contributed by atoms with Crippen LogP contribution in [0.3, 0.4) is 0 Å². The molecule has 0 radical (unpaired) electrons. The lowest BCUT2D eigenvalue weighted by atomic mass is 9.93. The highest BCUT2D eigenvalue weighted by Gasteiger charge is 2.28. The molecule has 0 fully saturated rings. The molecule has 0 unspecified atom stereocenters. The first-order valence-corrected chi connectivity index (χ1v) is 8.50. The molecule has 1 aliphatic carbocycles. The van der Waals surface area contributed by atoms with Crippen LogP contribution in [0.25, 0.3) is 0 Å². The molecule has 0 bridgehead atoms. The summed E-state index contributed by atoms with van der Waals surface area (Å²) in [7, 11) is 0. The van der Waals surface area contributed by atoms with E-state index in [0.717, 1.165) is 35.2 Å². The fraction of sp³-hybridized carbons (Fsp3) is 0.316. The van der Waals surface area contributed by atoms with E-state index < -0.39 is 6.03 Å². The van der Waals surface area contributed by atoms with Crippen LogP contribution in [0.4, 0.5) is 10.5 Å². The van der Waals surface area contributed by atoms with Gasteiger partial charge in [-0.1, -0.05) is 12.1 Å². The van der Waals surface area contributed by atoms with Crippen molar-refractivity contribution in [2.45, 2.75) is 40.0 Å². The van der Waals surface area contributed by atoms with E-state index in [9.17, 15) is 9.59 Å². The Labute approximate surface area is 151 Å². The van der Waals surface area contributed by atoms with Crippen molar-refractivity contribution < 1.29 is 14.0 Å². The highest BCUT2D eigenvalue weighted by atomic mass is 16.4. The molecule has 0 aliphatic heterocycles. The van der Waals surface area contributed by atoms with E-state index in [1.807, 2.05) is 39.0 Å². The number of urea groups is 1. The van der Waals surface area contributed by atoms with Crippen molar-refractivity contribution >= 4 is 23.3 Å². The van der Waals surface area contributed by atoms with Crippen molar-refractivity contribution in [3.8, 4) is 0 Å². The minimum atomic E-state index is -0.723. The molecule has 3 rings (SSSR count). The van der Waals surface area contributed by atoms with E-state index in [0.29, 0.717) is 23.5 Å². The predicted molar refractivity (Wildman–Crippen MR) is 99.5 cm³/mol. The molecule has 2 aromatic rings. The third-order valence-electron chi connectivity index (χ3n) is 4.47. The van der Waals surface area contributed by atoms with Crippen molar-refractivity contribution in [3.05, 3.63) is 52.0 Å². The van der Waals surface area contributed by atoms with Gasteiger partial charge in [-0.2, -0.15) is 5.10 Å². The topological polar surface area (TPSA) is 110 Å². The van der Waals surface area contributed by atoms with Crippen molar-refractivity contribution in [1.82, 2.24) is 5.43 Å². The molecule has 26 heavy (non-hydrogen) atoms. The van der Waals surface area contributed by atoms with E-state index in [1.54, 1.807) is 0 Å². The van der Waals surface area contributed by atoms with Crippen LogP contribution >= 0.6 is 0 Å². The lowest BCUT2D eigenvalue weighted by Crippen LogP contribution is -2.27. The van der Waals surface area contributed by atoms with Gasteiger partial charge in [-0.15, -0.1) is 0 Å². The van der Waals surface area contributed by atoms with Gasteiger partial charge in [-0.3, -0.25) is 4.79 Å². The number of anilines is 1. The fourth-order valence-corrected chi connectivity index (χ4v) is 3.17. The number of nitrogens with one attached hydrogen (secondary N) is 2. The Morgan fingerprint density at radius 2 is 1.96 bits per heavy atom. The smallest absolute Gasteiger partial charge is 0.332 e. The molecule has 7 heteroatoms. The molecule has 4 N–H and O–H groups in total. The number of benzene rings is 1. The molecule has 136 valence electrons. The van der Waals surface area contributed by atoms with Gasteiger partial charge in [0.05, 0.1) is 5.71 Å². The lowest BCUT2D eigenvalue weighted by Gasteiger charge is -2.13. The van der Waals surface area contributed by atoms with Crippen LogP contribution in [0, 0.1) is 20.8 Å². The number of amides is 3. The normalized spacial score (nSPS) is 14.8. The summed E-state index contributed by atoms with van der Waals surface area (Å²) in [6.07, 6.45) is 2.24. The van der Waals surface area contributed by atoms with E-state index in [2.05, 4.69) is 15.8 Å². The number of hydrazone groups is 1. The molecule has 1 aromatic heterocycles. The summed E-state index contributed by atoms with van der Waals surface area (Å²) >= 11 is 0. The first-order chi connectivity index (χ1) is 12.4. The Morgan fingerprint density at radius 3 is 2.69 bits per heavy atom. The van der Waals surface area contributed by atoms with Crippen LogP contribution < -0.4 is 16.5 Å². The van der Waals surface area contributed by atoms with Gasteiger partial charge in [0.15, 0.2) is 5.76 Å². The summed E-state index contributed by atoms with van der Waals surface area (Å²) in [6.45, 7) is 5.74. The number of nitrogens with zero attached hydrogens (tertiary/aromatic N) is 1. The summed E-state index contributed by atoms with van der Waals surface area (Å²) in [5.74, 6) is 0.683. The summed E-state index contributed by atoms with van der Waals surface area (Å²) in [5.41, 5.74) is 12.3. The molecule has 0 atom stereocenters. The first kappa shape index (κ1) is 17.7. The fourth-order valence-electron chi connectivity index (χ4n) is 3.17. The van der Waals surface area contributed by atoms with Crippen LogP contribution in [-0.4, -0.2) is 17.6 Å². The van der Waals surface area contributed by atoms with Gasteiger partial charge < -0.3 is 15.5 Å². The minimum absolute atomic E-state index is 0.268. The Hall–Kier alpha value is -3.09. The van der Waals surface area contributed by atoms with Crippen molar-refractivity contribution in [1.29, 1.82) is 0 Å². The number of furan rings is 1. The molecule has 0 spiro atoms. The number of carbonyl (C=O) groups excluding carboxylic acids is 2. The molecular weight excluding hydrogens is 332 g/mol. The zero-order chi connectivity index (χ0) is 18.8. The highest BCUT2D eigenvalue weighted by molar-refractivity contribution is 6.09. The van der Waals surface area contributed by atoms with E-state index in [-0.39, 0.29) is 11.7 Å². The lowest BCUT2D eigenvalue weighted by molar-refractivity contribution is 0.0994. The Balaban J connectivity index is 1.92. The largest absolute Gasteiger partial charge is 0.455 e. The zero-order valence-corrected chi connectivity index (χ0v) is 15.1. The van der Waals surface area contributed by atoms with Crippen LogP contribution in [0.2, 0.25) is 0 Å². The second-order valence-electron chi connectivity index (χ2n) is 6.51. The second-order valence-corrected chi connectivity index (χ2v) is 6.51. The summed E-state index contributed by atoms with van der Waals surface area (Å²) < 4.78 is 5.84. The first-order valence-electron chi connectivity index (χ1n) is 8.50. The average Bonchev–Trinajstić information content (AvgIpc) is 2.94. The maximum absolute atomic E-state index is 12.8. The van der Waals surface area contributed by atoms with Crippen LogP contribution in [0.1, 0.15) is 51.4 Å². The maximum Gasteiger partial charge on any atom is 0.332 e. The van der Waals surface area contributed by atoms with Gasteiger partial charge in [0.1, 0.15) is 5.76 Å². The SMILES string of the molecule is Cc1ccc(C)c(NC(=O)c2oc3c(c2C)/C(=N/NC(N)=O)CCC3)c1. The molecule has 1 heterocycles. The Kier molecular flexibility index (Phi) is 4.79. The summed E-state index contributed by atoms with van der Waals surface area (Å²) in [4.78, 5) is 23.7. The van der Waals surface area contributed by atoms with Gasteiger partial charge in [0.25, 0.3) is 5.91 Å². The Bertz CT molecular complexity index is 912. The van der Waals surface area contributed by atoms with Crippen LogP contribution in [-0.2, 0) is 6.42 Å². The number of aryl methyl sites for hydroxylation is 3. The number of hydrogen-bond donors (Lipinski definition) is 3. The minimum Gasteiger partial charge on any atom is -0.455 e. The van der Waals surface area contributed by atoms with Gasteiger partial charge in [0, 0.05) is 23.2 Å². The van der Waals surface area contributed by atoms with Crippen molar-refractivity contribution in [3.63, 3.8) is 0 Å². The number of hydrogen-bond acceptors (Lipinski definition) is 4. The third kappa shape index (κ3) is 3.46. The predicted octanol–water partition coefficient (Wildman–Crippen LogP) is 3.17. The van der Waals surface area contributed by atoms with E-state index >= 15 is 0 Å². The van der Waals surface area contributed by atoms with E-state index in [1.165, 1.54) is 0 Å². The molecular formula is C19H22N4O3. The zero-order valence-electron chi connectivity index (χ0n) is 15.1. The number of rotatable bonds is 3. The third-order valence-corrected chi connectivity index (χ3v) is 4.47. The molecule has 7 nitrogen and oxygen atoms in total. The maximum atomic E-state index is 12.8. The Morgan fingerprint density at radius 1 is 1.19 bits per heavy atom. The summed E-state index contributed by atoms with van der Waals surface area (Å²) in [5, 5.41) is 6.99. The number of primary amides is 1. The number of carbonyl (C=O) groups is 2. The second kappa shape index (κ2) is 7.03. The summed E-state index contributed by atoms with van der Waals surface area (Å²) in [6, 6.07) is 5.16. The molecule has 3 amide bonds. The molecule has 1 aliphatic rings. The molecule has 0 saturated heterocycles. The van der Waals surface area contributed by atoms with Gasteiger partial charge in [0.2, 0.25) is 0 Å². The van der Waals surface area contributed by atoms with Crippen LogP contribution in [0.5, 0.6) is 0 Å². The number of nitrogens with two attached hydrogens (primary N) is 1. The number of fused-ring (bicyclic) bond motifs is 1. The standard InChI is InChI=1S/C19H22N4O3/c1-10-7-8-11(2)14(9-10)21-18(24)17-12(3)16-13(22-23-19(20)25)5-4-6-15(16)26-17/h7-9H,4-6H2,1-3H3,(H,21,24)(H3,20,23,25)/b22-13+. The molecule has 1 aromatic carbocycles. The van der Waals surface area contributed by atoms with E-state index in [4.69, 9.17) is 10.2 Å². The average molecular weight is 354 g/mol. The quantitative estimate of drug-likeness (QED) is 0.736. The molecule has 0 saturated carbocycles. The highest BCUT2D eigenvalue weighted by Crippen LogP contribution is 2.30. The van der Waals surface area contributed by atoms with Gasteiger partial charge in [-0.05, 0) is 50.8 Å².